The second-order valence-electron chi connectivity index (χ2n) is 9.08. The Kier molecular flexibility index (Phi) is 7.38. The summed E-state index contributed by atoms with van der Waals surface area (Å²) in [6.45, 7) is 4.72. The van der Waals surface area contributed by atoms with E-state index < -0.39 is 5.79 Å². The standard InChI is InChI=1S/C28H34N2O2/c1-28(2)31-26(24(29)18-21-12-6-3-7-13-21)27(32-28)25(19-22-14-8-4-9-15-22)30-20-23-16-10-5-11-17-23/h3-17,24-27,30H,18-20,29H2,1-2H3/t24-,25-,26?,27?/m1/s1. The molecule has 1 fully saturated rings. The zero-order valence-electron chi connectivity index (χ0n) is 19.0. The summed E-state index contributed by atoms with van der Waals surface area (Å²) in [4.78, 5) is 0. The molecule has 3 aromatic rings. The molecule has 0 bridgehead atoms. The van der Waals surface area contributed by atoms with Crippen LogP contribution in [0.25, 0.3) is 0 Å². The first kappa shape index (κ1) is 22.7. The van der Waals surface area contributed by atoms with Crippen LogP contribution in [0.15, 0.2) is 91.0 Å². The summed E-state index contributed by atoms with van der Waals surface area (Å²) in [6.07, 6.45) is 1.22. The molecule has 1 aliphatic rings. The van der Waals surface area contributed by atoms with Gasteiger partial charge in [-0.15, -0.1) is 0 Å². The third-order valence-electron chi connectivity index (χ3n) is 6.01. The maximum atomic E-state index is 6.73. The molecule has 0 aromatic heterocycles. The van der Waals surface area contributed by atoms with E-state index in [4.69, 9.17) is 15.2 Å². The Balaban J connectivity index is 1.55. The second-order valence-corrected chi connectivity index (χ2v) is 9.08. The molecule has 4 rings (SSSR count). The van der Waals surface area contributed by atoms with Gasteiger partial charge in [-0.3, -0.25) is 0 Å². The van der Waals surface area contributed by atoms with Gasteiger partial charge < -0.3 is 20.5 Å². The van der Waals surface area contributed by atoms with Crippen LogP contribution in [0.4, 0.5) is 0 Å². The molecular weight excluding hydrogens is 396 g/mol. The maximum Gasteiger partial charge on any atom is 0.163 e. The lowest BCUT2D eigenvalue weighted by atomic mass is 9.91. The second kappa shape index (κ2) is 10.4. The molecule has 1 aliphatic heterocycles. The summed E-state index contributed by atoms with van der Waals surface area (Å²) in [5.41, 5.74) is 10.4. The van der Waals surface area contributed by atoms with Gasteiger partial charge in [0.05, 0.1) is 0 Å². The van der Waals surface area contributed by atoms with Gasteiger partial charge in [0, 0.05) is 18.6 Å². The minimum Gasteiger partial charge on any atom is -0.343 e. The molecule has 1 saturated heterocycles. The SMILES string of the molecule is CC1(C)OC([C@H](N)Cc2ccccc2)C([C@@H](Cc2ccccc2)NCc2ccccc2)O1. The zero-order chi connectivity index (χ0) is 22.4. The van der Waals surface area contributed by atoms with Gasteiger partial charge in [-0.25, -0.2) is 0 Å². The molecule has 4 nitrogen and oxygen atoms in total. The largest absolute Gasteiger partial charge is 0.343 e. The van der Waals surface area contributed by atoms with E-state index in [0.29, 0.717) is 0 Å². The quantitative estimate of drug-likeness (QED) is 0.526. The van der Waals surface area contributed by atoms with Crippen molar-refractivity contribution in [2.75, 3.05) is 0 Å². The molecule has 0 amide bonds. The van der Waals surface area contributed by atoms with Gasteiger partial charge in [-0.2, -0.15) is 0 Å². The fraction of sp³-hybridized carbons (Fsp3) is 0.357. The number of benzene rings is 3. The summed E-state index contributed by atoms with van der Waals surface area (Å²) < 4.78 is 12.9. The molecule has 4 atom stereocenters. The number of ether oxygens (including phenoxy) is 2. The summed E-state index contributed by atoms with van der Waals surface area (Å²) in [5.74, 6) is -0.674. The Bertz CT molecular complexity index is 947. The van der Waals surface area contributed by atoms with Gasteiger partial charge in [-0.05, 0) is 43.4 Å². The van der Waals surface area contributed by atoms with Crippen LogP contribution in [0, 0.1) is 0 Å². The van der Waals surface area contributed by atoms with Gasteiger partial charge in [0.25, 0.3) is 0 Å². The number of hydrogen-bond donors (Lipinski definition) is 2. The molecule has 0 radical (unpaired) electrons. The first-order chi connectivity index (χ1) is 15.5. The highest BCUT2D eigenvalue weighted by Gasteiger charge is 2.47. The van der Waals surface area contributed by atoms with E-state index in [0.717, 1.165) is 19.4 Å². The minimum absolute atomic E-state index is 0.0613. The van der Waals surface area contributed by atoms with E-state index in [2.05, 4.69) is 78.1 Å². The summed E-state index contributed by atoms with van der Waals surface area (Å²) >= 11 is 0. The Hall–Kier alpha value is -2.50. The van der Waals surface area contributed by atoms with Crippen LogP contribution in [0.2, 0.25) is 0 Å². The molecular formula is C28H34N2O2. The number of hydrogen-bond acceptors (Lipinski definition) is 4. The van der Waals surface area contributed by atoms with Crippen molar-refractivity contribution in [2.24, 2.45) is 5.73 Å². The molecule has 32 heavy (non-hydrogen) atoms. The molecule has 3 N–H and O–H groups in total. The highest BCUT2D eigenvalue weighted by molar-refractivity contribution is 5.20. The van der Waals surface area contributed by atoms with Crippen molar-refractivity contribution >= 4 is 0 Å². The first-order valence-corrected chi connectivity index (χ1v) is 11.5. The van der Waals surface area contributed by atoms with Crippen LogP contribution < -0.4 is 11.1 Å². The van der Waals surface area contributed by atoms with E-state index in [1.807, 2.05) is 32.0 Å². The number of rotatable bonds is 9. The fourth-order valence-corrected chi connectivity index (χ4v) is 4.48. The Morgan fingerprint density at radius 3 is 1.75 bits per heavy atom. The molecule has 168 valence electrons. The Labute approximate surface area is 191 Å². The third-order valence-corrected chi connectivity index (χ3v) is 6.01. The van der Waals surface area contributed by atoms with Gasteiger partial charge in [0.1, 0.15) is 12.2 Å². The van der Waals surface area contributed by atoms with Gasteiger partial charge in [0.2, 0.25) is 0 Å². The van der Waals surface area contributed by atoms with Crippen molar-refractivity contribution in [1.29, 1.82) is 0 Å². The topological polar surface area (TPSA) is 56.5 Å². The van der Waals surface area contributed by atoms with Gasteiger partial charge in [0.15, 0.2) is 5.79 Å². The van der Waals surface area contributed by atoms with Crippen molar-refractivity contribution in [1.82, 2.24) is 5.32 Å². The van der Waals surface area contributed by atoms with E-state index in [9.17, 15) is 0 Å². The lowest BCUT2D eigenvalue weighted by molar-refractivity contribution is -0.150. The predicted octanol–water partition coefficient (Wildman–Crippen LogP) is 4.48. The average molecular weight is 431 g/mol. The summed E-state index contributed by atoms with van der Waals surface area (Å²) in [5, 5.41) is 3.75. The molecule has 3 aromatic carbocycles. The molecule has 2 unspecified atom stereocenters. The molecule has 0 saturated carbocycles. The smallest absolute Gasteiger partial charge is 0.163 e. The summed E-state index contributed by atoms with van der Waals surface area (Å²) in [6, 6.07) is 31.3. The van der Waals surface area contributed by atoms with E-state index in [-0.39, 0.29) is 24.3 Å². The Morgan fingerprint density at radius 1 is 0.719 bits per heavy atom. The van der Waals surface area contributed by atoms with Crippen molar-refractivity contribution in [2.45, 2.75) is 63.3 Å². The average Bonchev–Trinajstić information content (AvgIpc) is 3.14. The van der Waals surface area contributed by atoms with Crippen molar-refractivity contribution in [3.05, 3.63) is 108 Å². The van der Waals surface area contributed by atoms with Crippen LogP contribution in [-0.4, -0.2) is 30.1 Å². The maximum absolute atomic E-state index is 6.73. The number of nitrogens with two attached hydrogens (primary N) is 1. The highest BCUT2D eigenvalue weighted by atomic mass is 16.8. The predicted molar refractivity (Wildman–Crippen MR) is 129 cm³/mol. The molecule has 0 spiro atoms. The van der Waals surface area contributed by atoms with Crippen molar-refractivity contribution < 1.29 is 9.47 Å². The van der Waals surface area contributed by atoms with Crippen LogP contribution in [0.5, 0.6) is 0 Å². The third kappa shape index (κ3) is 6.05. The van der Waals surface area contributed by atoms with Crippen LogP contribution in [-0.2, 0) is 28.9 Å². The monoisotopic (exact) mass is 430 g/mol. The fourth-order valence-electron chi connectivity index (χ4n) is 4.48. The lowest BCUT2D eigenvalue weighted by Crippen LogP contribution is -2.52. The first-order valence-electron chi connectivity index (χ1n) is 11.5. The van der Waals surface area contributed by atoms with Crippen molar-refractivity contribution in [3.8, 4) is 0 Å². The minimum atomic E-state index is -0.674. The van der Waals surface area contributed by atoms with Crippen LogP contribution in [0.3, 0.4) is 0 Å². The summed E-state index contributed by atoms with van der Waals surface area (Å²) in [7, 11) is 0. The number of nitrogens with one attached hydrogen (secondary N) is 1. The van der Waals surface area contributed by atoms with E-state index >= 15 is 0 Å². The highest BCUT2D eigenvalue weighted by Crippen LogP contribution is 2.33. The lowest BCUT2D eigenvalue weighted by Gasteiger charge is -2.30. The molecule has 4 heteroatoms. The van der Waals surface area contributed by atoms with Crippen LogP contribution in [0.1, 0.15) is 30.5 Å². The van der Waals surface area contributed by atoms with Crippen molar-refractivity contribution in [3.63, 3.8) is 0 Å². The normalized spacial score (nSPS) is 21.8. The molecule has 0 aliphatic carbocycles. The van der Waals surface area contributed by atoms with Crippen LogP contribution >= 0.6 is 0 Å². The zero-order valence-corrected chi connectivity index (χ0v) is 19.0. The Morgan fingerprint density at radius 2 is 1.19 bits per heavy atom. The van der Waals surface area contributed by atoms with E-state index in [1.54, 1.807) is 0 Å². The van der Waals surface area contributed by atoms with E-state index in [1.165, 1.54) is 16.7 Å². The van der Waals surface area contributed by atoms with Gasteiger partial charge >= 0.3 is 0 Å². The van der Waals surface area contributed by atoms with Gasteiger partial charge in [-0.1, -0.05) is 91.0 Å². The molecule has 1 heterocycles.